The molecule has 1 aromatic rings. The van der Waals surface area contributed by atoms with Crippen molar-refractivity contribution in [3.05, 3.63) is 54.8 Å². The Hall–Kier alpha value is -1.63. The van der Waals surface area contributed by atoms with Crippen molar-refractivity contribution in [2.45, 2.75) is 20.8 Å². The van der Waals surface area contributed by atoms with Crippen LogP contribution < -0.4 is 0 Å². The second kappa shape index (κ2) is 5.45. The number of aliphatic imine (C=N–C) groups is 1. The van der Waals surface area contributed by atoms with Crippen LogP contribution in [0.25, 0.3) is 5.57 Å². The van der Waals surface area contributed by atoms with Crippen molar-refractivity contribution in [2.75, 3.05) is 0 Å². The van der Waals surface area contributed by atoms with Gasteiger partial charge >= 0.3 is 0 Å². The van der Waals surface area contributed by atoms with Crippen LogP contribution in [0.5, 0.6) is 0 Å². The summed E-state index contributed by atoms with van der Waals surface area (Å²) in [6.45, 7) is 14.2. The first-order valence-electron chi connectivity index (χ1n) is 5.51. The molecule has 0 bridgehead atoms. The van der Waals surface area contributed by atoms with E-state index in [4.69, 9.17) is 0 Å². The van der Waals surface area contributed by atoms with Crippen molar-refractivity contribution in [2.24, 2.45) is 10.9 Å². The number of hydrogen-bond donors (Lipinski definition) is 0. The average molecular weight is 213 g/mol. The molecule has 1 heteroatoms. The number of benzene rings is 1. The first-order chi connectivity index (χ1) is 7.52. The monoisotopic (exact) mass is 213 g/mol. The zero-order valence-electron chi connectivity index (χ0n) is 10.3. The van der Waals surface area contributed by atoms with E-state index in [9.17, 15) is 0 Å². The van der Waals surface area contributed by atoms with Crippen LogP contribution in [0, 0.1) is 5.92 Å². The Bertz CT molecular complexity index is 410. The molecule has 84 valence electrons. The summed E-state index contributed by atoms with van der Waals surface area (Å²) in [4.78, 5) is 4.48. The van der Waals surface area contributed by atoms with Crippen molar-refractivity contribution < 1.29 is 0 Å². The predicted molar refractivity (Wildman–Crippen MR) is 72.6 cm³/mol. The molecule has 0 saturated carbocycles. The fourth-order valence-corrected chi connectivity index (χ4v) is 1.26. The van der Waals surface area contributed by atoms with Crippen molar-refractivity contribution >= 4 is 11.3 Å². The van der Waals surface area contributed by atoms with E-state index >= 15 is 0 Å². The summed E-state index contributed by atoms with van der Waals surface area (Å²) in [5.41, 5.74) is 3.90. The van der Waals surface area contributed by atoms with Gasteiger partial charge in [-0.15, -0.1) is 0 Å². The fourth-order valence-electron chi connectivity index (χ4n) is 1.26. The van der Waals surface area contributed by atoms with E-state index in [1.54, 1.807) is 0 Å². The molecule has 1 nitrogen and oxygen atoms in total. The molecule has 0 aliphatic rings. The smallest absolute Gasteiger partial charge is 0.0448 e. The summed E-state index contributed by atoms with van der Waals surface area (Å²) in [6.07, 6.45) is 0. The quantitative estimate of drug-likeness (QED) is 0.660. The lowest BCUT2D eigenvalue weighted by atomic mass is 10.0. The van der Waals surface area contributed by atoms with Gasteiger partial charge in [0.2, 0.25) is 0 Å². The van der Waals surface area contributed by atoms with Crippen molar-refractivity contribution in [3.63, 3.8) is 0 Å². The van der Waals surface area contributed by atoms with Gasteiger partial charge in [-0.05, 0) is 24.0 Å². The van der Waals surface area contributed by atoms with Crippen LogP contribution in [0.15, 0.2) is 54.2 Å². The number of rotatable bonds is 4. The molecule has 0 atom stereocenters. The van der Waals surface area contributed by atoms with E-state index in [2.05, 4.69) is 32.0 Å². The lowest BCUT2D eigenvalue weighted by Gasteiger charge is -2.08. The standard InChI is InChI=1S/C15H19N/c1-11(2)13(4)16-14(5)12(3)15-9-7-6-8-10-15/h6-11H,3-4H2,1-2,5H3. The summed E-state index contributed by atoms with van der Waals surface area (Å²) in [7, 11) is 0. The minimum Gasteiger partial charge on any atom is -0.258 e. The Morgan fingerprint density at radius 1 is 1.12 bits per heavy atom. The lowest BCUT2D eigenvalue weighted by Crippen LogP contribution is -1.98. The first kappa shape index (κ1) is 12.4. The highest BCUT2D eigenvalue weighted by atomic mass is 14.8. The summed E-state index contributed by atoms with van der Waals surface area (Å²) in [5.74, 6) is 0.374. The zero-order chi connectivity index (χ0) is 12.1. The third-order valence-corrected chi connectivity index (χ3v) is 2.54. The highest BCUT2D eigenvalue weighted by Crippen LogP contribution is 2.16. The SMILES string of the molecule is C=C(C(C)=NC(=C)C(C)C)c1ccccc1. The minimum absolute atomic E-state index is 0.374. The molecule has 0 heterocycles. The number of nitrogens with zero attached hydrogens (tertiary/aromatic N) is 1. The molecule has 0 amide bonds. The van der Waals surface area contributed by atoms with Gasteiger partial charge in [0.1, 0.15) is 0 Å². The molecule has 16 heavy (non-hydrogen) atoms. The van der Waals surface area contributed by atoms with Crippen LogP contribution in [0.1, 0.15) is 26.3 Å². The maximum Gasteiger partial charge on any atom is 0.0448 e. The Morgan fingerprint density at radius 2 is 1.69 bits per heavy atom. The van der Waals surface area contributed by atoms with Crippen molar-refractivity contribution in [1.29, 1.82) is 0 Å². The third kappa shape index (κ3) is 3.20. The molecule has 0 spiro atoms. The van der Waals surface area contributed by atoms with E-state index < -0.39 is 0 Å². The third-order valence-electron chi connectivity index (χ3n) is 2.54. The van der Waals surface area contributed by atoms with Crippen molar-refractivity contribution in [1.82, 2.24) is 0 Å². The van der Waals surface area contributed by atoms with E-state index in [0.717, 1.165) is 22.5 Å². The molecule has 0 radical (unpaired) electrons. The van der Waals surface area contributed by atoms with Crippen LogP contribution in [0.4, 0.5) is 0 Å². The largest absolute Gasteiger partial charge is 0.258 e. The Labute approximate surface area is 98.2 Å². The minimum atomic E-state index is 0.374. The van der Waals surface area contributed by atoms with Gasteiger partial charge < -0.3 is 0 Å². The molecule has 1 aromatic carbocycles. The number of allylic oxidation sites excluding steroid dienone is 2. The number of hydrogen-bond acceptors (Lipinski definition) is 1. The van der Waals surface area contributed by atoms with Gasteiger partial charge in [0.25, 0.3) is 0 Å². The molecular formula is C15H19N. The molecular weight excluding hydrogens is 194 g/mol. The van der Waals surface area contributed by atoms with Crippen LogP contribution >= 0.6 is 0 Å². The van der Waals surface area contributed by atoms with Gasteiger partial charge in [0.15, 0.2) is 0 Å². The van der Waals surface area contributed by atoms with Gasteiger partial charge in [0.05, 0.1) is 0 Å². The molecule has 0 saturated heterocycles. The second-order valence-electron chi connectivity index (χ2n) is 4.19. The Morgan fingerprint density at radius 3 is 2.19 bits per heavy atom. The Kier molecular flexibility index (Phi) is 4.24. The Balaban J connectivity index is 2.87. The van der Waals surface area contributed by atoms with Gasteiger partial charge in [-0.3, -0.25) is 4.99 Å². The summed E-state index contributed by atoms with van der Waals surface area (Å²) < 4.78 is 0. The molecule has 0 fully saturated rings. The highest BCUT2D eigenvalue weighted by Gasteiger charge is 2.04. The molecule has 0 unspecified atom stereocenters. The lowest BCUT2D eigenvalue weighted by molar-refractivity contribution is 0.762. The second-order valence-corrected chi connectivity index (χ2v) is 4.19. The maximum absolute atomic E-state index is 4.48. The van der Waals surface area contributed by atoms with E-state index in [1.165, 1.54) is 0 Å². The van der Waals surface area contributed by atoms with Crippen LogP contribution in [0.2, 0.25) is 0 Å². The molecule has 0 N–H and O–H groups in total. The van der Waals surface area contributed by atoms with Gasteiger partial charge in [-0.25, -0.2) is 0 Å². The molecule has 0 aliphatic carbocycles. The van der Waals surface area contributed by atoms with Gasteiger partial charge in [-0.1, -0.05) is 57.3 Å². The molecule has 1 rings (SSSR count). The van der Waals surface area contributed by atoms with E-state index in [-0.39, 0.29) is 0 Å². The van der Waals surface area contributed by atoms with Gasteiger partial charge in [0, 0.05) is 11.4 Å². The summed E-state index contributed by atoms with van der Waals surface area (Å²) in [5, 5.41) is 0. The zero-order valence-corrected chi connectivity index (χ0v) is 10.3. The summed E-state index contributed by atoms with van der Waals surface area (Å²) in [6, 6.07) is 10.1. The predicted octanol–water partition coefficient (Wildman–Crippen LogP) is 4.33. The van der Waals surface area contributed by atoms with Crippen molar-refractivity contribution in [3.8, 4) is 0 Å². The summed E-state index contributed by atoms with van der Waals surface area (Å²) >= 11 is 0. The maximum atomic E-state index is 4.48. The van der Waals surface area contributed by atoms with Crippen LogP contribution in [-0.4, -0.2) is 5.71 Å². The van der Waals surface area contributed by atoms with Crippen LogP contribution in [0.3, 0.4) is 0 Å². The first-order valence-corrected chi connectivity index (χ1v) is 5.51. The molecule has 0 aromatic heterocycles. The van der Waals surface area contributed by atoms with Gasteiger partial charge in [-0.2, -0.15) is 0 Å². The topological polar surface area (TPSA) is 12.4 Å². The molecule has 0 aliphatic heterocycles. The fraction of sp³-hybridized carbons (Fsp3) is 0.267. The normalized spacial score (nSPS) is 11.6. The average Bonchev–Trinajstić information content (AvgIpc) is 2.28. The van der Waals surface area contributed by atoms with Crippen LogP contribution in [-0.2, 0) is 0 Å². The highest BCUT2D eigenvalue weighted by molar-refractivity contribution is 6.22. The van der Waals surface area contributed by atoms with E-state index in [0.29, 0.717) is 5.92 Å². The van der Waals surface area contributed by atoms with E-state index in [1.807, 2.05) is 37.3 Å².